The SMILES string of the molecule is COc1cc(N)c(Cl)cc1C(=O)NCC1CCN(CCC(O)c2ccccc2Cl)CC1. The second-order valence-electron chi connectivity index (χ2n) is 7.90. The Labute approximate surface area is 193 Å². The van der Waals surface area contributed by atoms with Gasteiger partial charge in [-0.1, -0.05) is 41.4 Å². The van der Waals surface area contributed by atoms with Crippen LogP contribution in [0.1, 0.15) is 41.3 Å². The van der Waals surface area contributed by atoms with Gasteiger partial charge in [0.15, 0.2) is 0 Å². The van der Waals surface area contributed by atoms with Gasteiger partial charge in [-0.25, -0.2) is 0 Å². The Morgan fingerprint density at radius 2 is 1.97 bits per heavy atom. The summed E-state index contributed by atoms with van der Waals surface area (Å²) >= 11 is 12.2. The van der Waals surface area contributed by atoms with Gasteiger partial charge in [-0.2, -0.15) is 0 Å². The maximum absolute atomic E-state index is 12.6. The standard InChI is InChI=1S/C23H29Cl2N3O3/c1-31-22-13-20(26)19(25)12-17(22)23(30)27-14-15-6-9-28(10-7-15)11-8-21(29)16-4-2-3-5-18(16)24/h2-5,12-13,15,21,29H,6-11,14,26H2,1H3,(H,27,30). The molecule has 1 fully saturated rings. The number of anilines is 1. The number of rotatable bonds is 8. The highest BCUT2D eigenvalue weighted by atomic mass is 35.5. The van der Waals surface area contributed by atoms with E-state index in [4.69, 9.17) is 33.7 Å². The molecule has 1 aliphatic heterocycles. The number of methoxy groups -OCH3 is 1. The molecule has 0 aromatic heterocycles. The number of halogens is 2. The molecule has 1 unspecified atom stereocenters. The second-order valence-corrected chi connectivity index (χ2v) is 8.71. The molecule has 2 aromatic rings. The molecule has 168 valence electrons. The number of carbonyl (C=O) groups is 1. The first kappa shape index (κ1) is 23.7. The van der Waals surface area contributed by atoms with E-state index in [2.05, 4.69) is 10.2 Å². The fourth-order valence-electron chi connectivity index (χ4n) is 3.87. The molecule has 1 amide bonds. The van der Waals surface area contributed by atoms with Crippen molar-refractivity contribution >= 4 is 34.8 Å². The largest absolute Gasteiger partial charge is 0.496 e. The Morgan fingerprint density at radius 1 is 1.26 bits per heavy atom. The summed E-state index contributed by atoms with van der Waals surface area (Å²) in [6.07, 6.45) is 2.06. The maximum Gasteiger partial charge on any atom is 0.255 e. The molecule has 0 aliphatic carbocycles. The molecule has 1 atom stereocenters. The summed E-state index contributed by atoms with van der Waals surface area (Å²) in [5.74, 6) is 0.597. The lowest BCUT2D eigenvalue weighted by molar-refractivity contribution is 0.0925. The number of aliphatic hydroxyl groups excluding tert-OH is 1. The average Bonchev–Trinajstić information content (AvgIpc) is 2.78. The number of nitrogens with zero attached hydrogens (tertiary/aromatic N) is 1. The molecule has 0 radical (unpaired) electrons. The predicted octanol–water partition coefficient (Wildman–Crippen LogP) is 4.15. The van der Waals surface area contributed by atoms with E-state index in [1.807, 2.05) is 18.2 Å². The van der Waals surface area contributed by atoms with Crippen LogP contribution in [0.5, 0.6) is 5.75 Å². The lowest BCUT2D eigenvalue weighted by Crippen LogP contribution is -2.39. The Morgan fingerprint density at radius 3 is 2.65 bits per heavy atom. The first-order valence-electron chi connectivity index (χ1n) is 10.4. The molecule has 1 heterocycles. The fraction of sp³-hybridized carbons (Fsp3) is 0.435. The zero-order valence-electron chi connectivity index (χ0n) is 17.6. The third-order valence-corrected chi connectivity index (χ3v) is 6.48. The number of nitrogen functional groups attached to an aromatic ring is 1. The van der Waals surface area contributed by atoms with Gasteiger partial charge in [0.2, 0.25) is 0 Å². The number of benzene rings is 2. The zero-order chi connectivity index (χ0) is 22.4. The molecule has 0 spiro atoms. The number of piperidine rings is 1. The van der Waals surface area contributed by atoms with E-state index in [0.717, 1.165) is 38.0 Å². The number of ether oxygens (including phenoxy) is 1. The van der Waals surface area contributed by atoms with Crippen LogP contribution < -0.4 is 15.8 Å². The topological polar surface area (TPSA) is 87.8 Å². The van der Waals surface area contributed by atoms with E-state index >= 15 is 0 Å². The Balaban J connectivity index is 1.43. The van der Waals surface area contributed by atoms with Gasteiger partial charge in [0.1, 0.15) is 5.75 Å². The van der Waals surface area contributed by atoms with Crippen LogP contribution in [-0.2, 0) is 0 Å². The molecule has 8 heteroatoms. The van der Waals surface area contributed by atoms with Crippen LogP contribution >= 0.6 is 23.2 Å². The van der Waals surface area contributed by atoms with Crippen LogP contribution in [0.25, 0.3) is 0 Å². The molecule has 2 aromatic carbocycles. The van der Waals surface area contributed by atoms with Gasteiger partial charge in [0.25, 0.3) is 5.91 Å². The van der Waals surface area contributed by atoms with Crippen LogP contribution in [0.3, 0.4) is 0 Å². The van der Waals surface area contributed by atoms with Crippen LogP contribution in [-0.4, -0.2) is 49.2 Å². The molecule has 3 rings (SSSR count). The van der Waals surface area contributed by atoms with Gasteiger partial charge >= 0.3 is 0 Å². The molecule has 1 aliphatic rings. The summed E-state index contributed by atoms with van der Waals surface area (Å²) < 4.78 is 5.26. The van der Waals surface area contributed by atoms with Gasteiger partial charge in [0.05, 0.1) is 29.5 Å². The number of hydrogen-bond acceptors (Lipinski definition) is 5. The summed E-state index contributed by atoms with van der Waals surface area (Å²) in [5.41, 5.74) is 7.32. The van der Waals surface area contributed by atoms with E-state index < -0.39 is 6.10 Å². The van der Waals surface area contributed by atoms with Gasteiger partial charge in [-0.15, -0.1) is 0 Å². The van der Waals surface area contributed by atoms with Gasteiger partial charge < -0.3 is 25.8 Å². The highest BCUT2D eigenvalue weighted by Crippen LogP contribution is 2.29. The van der Waals surface area contributed by atoms with Crippen LogP contribution in [0.4, 0.5) is 5.69 Å². The molecule has 6 nitrogen and oxygen atoms in total. The first-order chi connectivity index (χ1) is 14.9. The number of hydrogen-bond donors (Lipinski definition) is 3. The maximum atomic E-state index is 12.6. The van der Waals surface area contributed by atoms with Crippen LogP contribution in [0.15, 0.2) is 36.4 Å². The molecule has 1 saturated heterocycles. The van der Waals surface area contributed by atoms with E-state index in [1.54, 1.807) is 12.1 Å². The lowest BCUT2D eigenvalue weighted by atomic mass is 9.96. The predicted molar refractivity (Wildman–Crippen MR) is 125 cm³/mol. The minimum Gasteiger partial charge on any atom is -0.496 e. The van der Waals surface area contributed by atoms with Crippen molar-refractivity contribution in [3.63, 3.8) is 0 Å². The summed E-state index contributed by atoms with van der Waals surface area (Å²) in [6.45, 7) is 3.28. The number of carbonyl (C=O) groups excluding carboxylic acids is 1. The van der Waals surface area contributed by atoms with Crippen molar-refractivity contribution in [1.82, 2.24) is 10.2 Å². The Bertz CT molecular complexity index is 902. The number of likely N-dealkylation sites (tertiary alicyclic amines) is 1. The second kappa shape index (κ2) is 11.0. The Kier molecular flexibility index (Phi) is 8.43. The smallest absolute Gasteiger partial charge is 0.255 e. The molecule has 0 bridgehead atoms. The first-order valence-corrected chi connectivity index (χ1v) is 11.2. The number of nitrogens with two attached hydrogens (primary N) is 1. The monoisotopic (exact) mass is 465 g/mol. The van der Waals surface area contributed by atoms with Crippen molar-refractivity contribution in [2.45, 2.75) is 25.4 Å². The van der Waals surface area contributed by atoms with Crippen LogP contribution in [0, 0.1) is 5.92 Å². The summed E-state index contributed by atoms with van der Waals surface area (Å²) in [4.78, 5) is 14.9. The molecular formula is C23H29Cl2N3O3. The van der Waals surface area contributed by atoms with Crippen molar-refractivity contribution in [3.05, 3.63) is 57.6 Å². The Hall–Kier alpha value is -1.99. The summed E-state index contributed by atoms with van der Waals surface area (Å²) in [5, 5.41) is 14.4. The van der Waals surface area contributed by atoms with E-state index in [9.17, 15) is 9.90 Å². The number of aliphatic hydroxyl groups is 1. The van der Waals surface area contributed by atoms with Crippen molar-refractivity contribution in [3.8, 4) is 5.75 Å². The normalized spacial score (nSPS) is 16.1. The molecule has 0 saturated carbocycles. The third kappa shape index (κ3) is 6.26. The van der Waals surface area contributed by atoms with Gasteiger partial charge in [-0.05, 0) is 56.0 Å². The van der Waals surface area contributed by atoms with Crippen molar-refractivity contribution in [1.29, 1.82) is 0 Å². The third-order valence-electron chi connectivity index (χ3n) is 5.80. The quantitative estimate of drug-likeness (QED) is 0.509. The minimum absolute atomic E-state index is 0.218. The van der Waals surface area contributed by atoms with E-state index in [-0.39, 0.29) is 5.91 Å². The molecule has 31 heavy (non-hydrogen) atoms. The van der Waals surface area contributed by atoms with E-state index in [0.29, 0.717) is 45.9 Å². The lowest BCUT2D eigenvalue weighted by Gasteiger charge is -2.32. The minimum atomic E-state index is -0.563. The molecule has 4 N–H and O–H groups in total. The van der Waals surface area contributed by atoms with Gasteiger partial charge in [-0.3, -0.25) is 4.79 Å². The van der Waals surface area contributed by atoms with Crippen LogP contribution in [0.2, 0.25) is 10.0 Å². The highest BCUT2D eigenvalue weighted by molar-refractivity contribution is 6.33. The van der Waals surface area contributed by atoms with Gasteiger partial charge in [0, 0.05) is 24.2 Å². The molecular weight excluding hydrogens is 437 g/mol. The van der Waals surface area contributed by atoms with Crippen molar-refractivity contribution in [2.75, 3.05) is 39.0 Å². The van der Waals surface area contributed by atoms with E-state index in [1.165, 1.54) is 13.2 Å². The average molecular weight is 466 g/mol. The van der Waals surface area contributed by atoms with Crippen molar-refractivity contribution < 1.29 is 14.6 Å². The number of amides is 1. The fourth-order valence-corrected chi connectivity index (χ4v) is 4.29. The highest BCUT2D eigenvalue weighted by Gasteiger charge is 2.22. The summed E-state index contributed by atoms with van der Waals surface area (Å²) in [7, 11) is 1.50. The summed E-state index contributed by atoms with van der Waals surface area (Å²) in [6, 6.07) is 10.5. The number of nitrogens with one attached hydrogen (secondary N) is 1. The zero-order valence-corrected chi connectivity index (χ0v) is 19.1. The van der Waals surface area contributed by atoms with Crippen molar-refractivity contribution in [2.24, 2.45) is 5.92 Å².